The molecular formula is C20H25N3O4. The number of nitrogens with zero attached hydrogens (tertiary/aromatic N) is 2. The van der Waals surface area contributed by atoms with Gasteiger partial charge in [-0.15, -0.1) is 0 Å². The number of aliphatic carboxylic acids is 1. The summed E-state index contributed by atoms with van der Waals surface area (Å²) in [5, 5.41) is 16.3. The summed E-state index contributed by atoms with van der Waals surface area (Å²) in [6.07, 6.45) is 4.70. The molecular weight excluding hydrogens is 346 g/mol. The van der Waals surface area contributed by atoms with Crippen LogP contribution >= 0.6 is 0 Å². The molecule has 0 radical (unpaired) electrons. The highest BCUT2D eigenvalue weighted by atomic mass is 16.5. The third kappa shape index (κ3) is 5.15. The predicted octanol–water partition coefficient (Wildman–Crippen LogP) is 3.13. The van der Waals surface area contributed by atoms with Crippen molar-refractivity contribution in [2.24, 2.45) is 5.92 Å². The Kier molecular flexibility index (Phi) is 6.21. The number of nitrogens with one attached hydrogen (secondary N) is 1. The highest BCUT2D eigenvalue weighted by Gasteiger charge is 2.30. The second kappa shape index (κ2) is 8.79. The molecule has 2 N–H and O–H groups in total. The average molecular weight is 371 g/mol. The zero-order valence-electron chi connectivity index (χ0n) is 15.5. The first-order valence-corrected chi connectivity index (χ1v) is 9.45. The van der Waals surface area contributed by atoms with Crippen molar-refractivity contribution in [2.75, 3.05) is 0 Å². The second-order valence-corrected chi connectivity index (χ2v) is 7.13. The number of amides is 1. The molecule has 1 heterocycles. The number of aromatic nitrogens is 2. The third-order valence-electron chi connectivity index (χ3n) is 5.02. The Morgan fingerprint density at radius 1 is 1.19 bits per heavy atom. The number of rotatable bonds is 6. The molecule has 27 heavy (non-hydrogen) atoms. The molecule has 1 aromatic heterocycles. The topological polar surface area (TPSA) is 105 Å². The minimum Gasteiger partial charge on any atom is -0.481 e. The van der Waals surface area contributed by atoms with Crippen molar-refractivity contribution in [3.8, 4) is 11.4 Å². The van der Waals surface area contributed by atoms with Crippen LogP contribution in [-0.2, 0) is 16.0 Å². The standard InChI is InChI=1S/C20H25N3O4/c1-13-7-9-14(10-8-13)19-22-18(27-23-19)12-11-17(24)21-16-6-4-2-3-5-15(16)20(25)26/h7-10,15-16H,2-6,11-12H2,1H3,(H,21,24)(H,25,26)/t15-,16-/m0/s1. The summed E-state index contributed by atoms with van der Waals surface area (Å²) in [6, 6.07) is 7.50. The normalized spacial score (nSPS) is 20.0. The van der Waals surface area contributed by atoms with Crippen LogP contribution in [0.15, 0.2) is 28.8 Å². The number of carboxylic acid groups (broad SMARTS) is 1. The monoisotopic (exact) mass is 371 g/mol. The minimum atomic E-state index is -0.832. The molecule has 2 atom stereocenters. The van der Waals surface area contributed by atoms with Crippen molar-refractivity contribution in [1.29, 1.82) is 0 Å². The summed E-state index contributed by atoms with van der Waals surface area (Å²) in [6.45, 7) is 2.01. The van der Waals surface area contributed by atoms with Crippen molar-refractivity contribution in [1.82, 2.24) is 15.5 Å². The molecule has 7 heteroatoms. The van der Waals surface area contributed by atoms with Gasteiger partial charge in [-0.1, -0.05) is 54.2 Å². The molecule has 1 aliphatic rings. The SMILES string of the molecule is Cc1ccc(-c2noc(CCC(=O)N[C@H]3CCCCC[C@@H]3C(=O)O)n2)cc1. The van der Waals surface area contributed by atoms with E-state index in [1.54, 1.807) is 0 Å². The molecule has 144 valence electrons. The molecule has 1 aromatic carbocycles. The zero-order valence-corrected chi connectivity index (χ0v) is 15.5. The van der Waals surface area contributed by atoms with Crippen LogP contribution < -0.4 is 5.32 Å². The first kappa shape index (κ1) is 19.1. The van der Waals surface area contributed by atoms with Gasteiger partial charge in [0.2, 0.25) is 17.6 Å². The largest absolute Gasteiger partial charge is 0.481 e. The number of aryl methyl sites for hydroxylation is 2. The van der Waals surface area contributed by atoms with E-state index < -0.39 is 11.9 Å². The Morgan fingerprint density at radius 3 is 2.67 bits per heavy atom. The van der Waals surface area contributed by atoms with Crippen LogP contribution in [0.2, 0.25) is 0 Å². The molecule has 1 fully saturated rings. The summed E-state index contributed by atoms with van der Waals surface area (Å²) in [7, 11) is 0. The smallest absolute Gasteiger partial charge is 0.308 e. The lowest BCUT2D eigenvalue weighted by Gasteiger charge is -2.22. The van der Waals surface area contributed by atoms with Gasteiger partial charge in [-0.2, -0.15) is 4.98 Å². The molecule has 3 rings (SSSR count). The fourth-order valence-corrected chi connectivity index (χ4v) is 3.45. The molecule has 1 aliphatic carbocycles. The van der Waals surface area contributed by atoms with E-state index in [1.165, 1.54) is 0 Å². The van der Waals surface area contributed by atoms with Crippen LogP contribution in [0.3, 0.4) is 0 Å². The lowest BCUT2D eigenvalue weighted by molar-refractivity contribution is -0.143. The lowest BCUT2D eigenvalue weighted by Crippen LogP contribution is -2.42. The minimum absolute atomic E-state index is 0.178. The fourth-order valence-electron chi connectivity index (χ4n) is 3.45. The molecule has 0 aliphatic heterocycles. The van der Waals surface area contributed by atoms with E-state index in [9.17, 15) is 14.7 Å². The van der Waals surface area contributed by atoms with Crippen LogP contribution in [0.4, 0.5) is 0 Å². The van der Waals surface area contributed by atoms with Gasteiger partial charge in [0.1, 0.15) is 0 Å². The van der Waals surface area contributed by atoms with E-state index >= 15 is 0 Å². The second-order valence-electron chi connectivity index (χ2n) is 7.13. The van der Waals surface area contributed by atoms with Gasteiger partial charge in [0.25, 0.3) is 0 Å². The zero-order chi connectivity index (χ0) is 19.2. The Labute approximate surface area is 158 Å². The maximum Gasteiger partial charge on any atom is 0.308 e. The summed E-state index contributed by atoms with van der Waals surface area (Å²) in [4.78, 5) is 28.1. The molecule has 0 saturated heterocycles. The van der Waals surface area contributed by atoms with E-state index in [4.69, 9.17) is 4.52 Å². The van der Waals surface area contributed by atoms with Crippen molar-refractivity contribution in [2.45, 2.75) is 57.9 Å². The van der Waals surface area contributed by atoms with Crippen LogP contribution in [0.25, 0.3) is 11.4 Å². The van der Waals surface area contributed by atoms with Crippen molar-refractivity contribution >= 4 is 11.9 Å². The quantitative estimate of drug-likeness (QED) is 0.756. The third-order valence-corrected chi connectivity index (χ3v) is 5.02. The van der Waals surface area contributed by atoms with E-state index in [2.05, 4.69) is 15.5 Å². The summed E-state index contributed by atoms with van der Waals surface area (Å²) in [5.74, 6) is -0.616. The van der Waals surface area contributed by atoms with Crippen molar-refractivity contribution in [3.05, 3.63) is 35.7 Å². The highest BCUT2D eigenvalue weighted by molar-refractivity contribution is 5.78. The van der Waals surface area contributed by atoms with E-state index in [-0.39, 0.29) is 18.4 Å². The molecule has 1 amide bonds. The van der Waals surface area contributed by atoms with Crippen molar-refractivity contribution in [3.63, 3.8) is 0 Å². The number of hydrogen-bond acceptors (Lipinski definition) is 5. The Morgan fingerprint density at radius 2 is 1.93 bits per heavy atom. The first-order chi connectivity index (χ1) is 13.0. The van der Waals surface area contributed by atoms with E-state index in [1.807, 2.05) is 31.2 Å². The Balaban J connectivity index is 1.54. The summed E-state index contributed by atoms with van der Waals surface area (Å²) in [5.41, 5.74) is 2.01. The molecule has 0 unspecified atom stereocenters. The van der Waals surface area contributed by atoms with E-state index in [0.717, 1.165) is 30.4 Å². The lowest BCUT2D eigenvalue weighted by atomic mass is 9.94. The van der Waals surface area contributed by atoms with Crippen molar-refractivity contribution < 1.29 is 19.2 Å². The highest BCUT2D eigenvalue weighted by Crippen LogP contribution is 2.24. The fraction of sp³-hybridized carbons (Fsp3) is 0.500. The number of benzene rings is 1. The number of carbonyl (C=O) groups excluding carboxylic acids is 1. The van der Waals surface area contributed by atoms with Gasteiger partial charge >= 0.3 is 5.97 Å². The number of carboxylic acids is 1. The summed E-state index contributed by atoms with van der Waals surface area (Å²) >= 11 is 0. The van der Waals surface area contributed by atoms with Gasteiger partial charge in [0.15, 0.2) is 0 Å². The maximum atomic E-state index is 12.3. The van der Waals surface area contributed by atoms with Crippen LogP contribution in [0, 0.1) is 12.8 Å². The van der Waals surface area contributed by atoms with Gasteiger partial charge in [-0.05, 0) is 19.8 Å². The predicted molar refractivity (Wildman–Crippen MR) is 98.9 cm³/mol. The molecule has 7 nitrogen and oxygen atoms in total. The Bertz CT molecular complexity index is 785. The Hall–Kier alpha value is -2.70. The number of hydrogen-bond donors (Lipinski definition) is 2. The molecule has 1 saturated carbocycles. The van der Waals surface area contributed by atoms with Crippen LogP contribution in [-0.4, -0.2) is 33.2 Å². The molecule has 0 spiro atoms. The van der Waals surface area contributed by atoms with Gasteiger partial charge in [0, 0.05) is 24.4 Å². The molecule has 0 bridgehead atoms. The first-order valence-electron chi connectivity index (χ1n) is 9.45. The van der Waals surface area contributed by atoms with Gasteiger partial charge < -0.3 is 14.9 Å². The van der Waals surface area contributed by atoms with Gasteiger partial charge in [-0.25, -0.2) is 0 Å². The number of carbonyl (C=O) groups is 2. The maximum absolute atomic E-state index is 12.3. The molecule has 2 aromatic rings. The van der Waals surface area contributed by atoms with Gasteiger partial charge in [-0.3, -0.25) is 9.59 Å². The van der Waals surface area contributed by atoms with Crippen LogP contribution in [0.5, 0.6) is 0 Å². The van der Waals surface area contributed by atoms with Crippen LogP contribution in [0.1, 0.15) is 50.0 Å². The summed E-state index contributed by atoms with van der Waals surface area (Å²) < 4.78 is 5.23. The van der Waals surface area contributed by atoms with Gasteiger partial charge in [0.05, 0.1) is 5.92 Å². The van der Waals surface area contributed by atoms with E-state index in [0.29, 0.717) is 31.0 Å². The average Bonchev–Trinajstić information content (AvgIpc) is 2.99.